The Kier molecular flexibility index (Phi) is 4.39. The lowest BCUT2D eigenvalue weighted by atomic mass is 10.2. The fourth-order valence-electron chi connectivity index (χ4n) is 1.93. The van der Waals surface area contributed by atoms with E-state index in [2.05, 4.69) is 23.7 Å². The molecule has 0 amide bonds. The van der Waals surface area contributed by atoms with Crippen molar-refractivity contribution in [1.29, 1.82) is 0 Å². The first-order chi connectivity index (χ1) is 9.06. The molecule has 0 spiro atoms. The number of aromatic carboxylic acids is 1. The summed E-state index contributed by atoms with van der Waals surface area (Å²) in [5, 5.41) is 14.3. The van der Waals surface area contributed by atoms with Gasteiger partial charge in [0.25, 0.3) is 0 Å². The molecular formula is C14H17NO3S. The number of rotatable bonds is 6. The van der Waals surface area contributed by atoms with Gasteiger partial charge in [0.1, 0.15) is 5.76 Å². The summed E-state index contributed by atoms with van der Waals surface area (Å²) in [6.07, 6.45) is 0.961. The summed E-state index contributed by atoms with van der Waals surface area (Å²) in [6, 6.07) is 6.25. The highest BCUT2D eigenvalue weighted by atomic mass is 32.1. The predicted molar refractivity (Wildman–Crippen MR) is 74.7 cm³/mol. The van der Waals surface area contributed by atoms with Crippen LogP contribution >= 0.6 is 11.3 Å². The molecule has 4 nitrogen and oxygen atoms in total. The van der Waals surface area contributed by atoms with E-state index in [1.165, 1.54) is 4.88 Å². The molecule has 0 aliphatic rings. The number of furan rings is 1. The zero-order chi connectivity index (χ0) is 13.8. The molecule has 0 fully saturated rings. The molecule has 0 bridgehead atoms. The molecule has 2 N–H and O–H groups in total. The monoisotopic (exact) mass is 279 g/mol. The van der Waals surface area contributed by atoms with Gasteiger partial charge in [-0.05, 0) is 37.8 Å². The van der Waals surface area contributed by atoms with Crippen LogP contribution in [0.4, 0.5) is 0 Å². The Balaban J connectivity index is 1.88. The Morgan fingerprint density at radius 2 is 2.37 bits per heavy atom. The summed E-state index contributed by atoms with van der Waals surface area (Å²) in [7, 11) is 0. The van der Waals surface area contributed by atoms with Crippen LogP contribution in [0.3, 0.4) is 0 Å². The van der Waals surface area contributed by atoms with Crippen molar-refractivity contribution < 1.29 is 14.3 Å². The second-order valence-corrected chi connectivity index (χ2v) is 5.63. The van der Waals surface area contributed by atoms with Crippen LogP contribution < -0.4 is 5.32 Å². The van der Waals surface area contributed by atoms with E-state index in [9.17, 15) is 4.79 Å². The van der Waals surface area contributed by atoms with E-state index < -0.39 is 5.97 Å². The lowest BCUT2D eigenvalue weighted by Gasteiger charge is -2.11. The fraction of sp³-hybridized carbons (Fsp3) is 0.357. The molecule has 0 saturated carbocycles. The number of carboxylic acid groups (broad SMARTS) is 1. The zero-order valence-electron chi connectivity index (χ0n) is 11.0. The van der Waals surface area contributed by atoms with Gasteiger partial charge in [0.15, 0.2) is 0 Å². The molecule has 0 aliphatic carbocycles. The summed E-state index contributed by atoms with van der Waals surface area (Å²) < 4.78 is 5.30. The molecule has 5 heteroatoms. The van der Waals surface area contributed by atoms with Crippen molar-refractivity contribution in [3.8, 4) is 0 Å². The SMILES string of the molecule is Cc1cc(CNC(C)Cc2cccs2)oc1C(=O)O. The Morgan fingerprint density at radius 3 is 2.95 bits per heavy atom. The summed E-state index contributed by atoms with van der Waals surface area (Å²) in [5.74, 6) is -0.328. The highest BCUT2D eigenvalue weighted by Gasteiger charge is 2.14. The third kappa shape index (κ3) is 3.68. The van der Waals surface area contributed by atoms with E-state index in [1.54, 1.807) is 24.3 Å². The highest BCUT2D eigenvalue weighted by Crippen LogP contribution is 2.15. The molecule has 19 heavy (non-hydrogen) atoms. The Hall–Kier alpha value is -1.59. The number of thiophene rings is 1. The van der Waals surface area contributed by atoms with Crippen LogP contribution in [0.15, 0.2) is 28.0 Å². The quantitative estimate of drug-likeness (QED) is 0.853. The van der Waals surface area contributed by atoms with Crippen molar-refractivity contribution in [1.82, 2.24) is 5.32 Å². The Morgan fingerprint density at radius 1 is 1.58 bits per heavy atom. The molecule has 102 valence electrons. The second-order valence-electron chi connectivity index (χ2n) is 4.60. The lowest BCUT2D eigenvalue weighted by Crippen LogP contribution is -2.27. The van der Waals surface area contributed by atoms with Crippen LogP contribution in [-0.2, 0) is 13.0 Å². The van der Waals surface area contributed by atoms with Gasteiger partial charge in [-0.2, -0.15) is 0 Å². The maximum Gasteiger partial charge on any atom is 0.372 e. The molecule has 0 aromatic carbocycles. The first-order valence-electron chi connectivity index (χ1n) is 6.14. The van der Waals surface area contributed by atoms with Crippen LogP contribution in [-0.4, -0.2) is 17.1 Å². The van der Waals surface area contributed by atoms with Crippen molar-refractivity contribution in [2.24, 2.45) is 0 Å². The summed E-state index contributed by atoms with van der Waals surface area (Å²) in [5.41, 5.74) is 0.662. The van der Waals surface area contributed by atoms with Crippen molar-refractivity contribution >= 4 is 17.3 Å². The highest BCUT2D eigenvalue weighted by molar-refractivity contribution is 7.09. The third-order valence-electron chi connectivity index (χ3n) is 2.88. The van der Waals surface area contributed by atoms with Crippen LogP contribution in [0.25, 0.3) is 0 Å². The zero-order valence-corrected chi connectivity index (χ0v) is 11.8. The minimum Gasteiger partial charge on any atom is -0.475 e. The average molecular weight is 279 g/mol. The Labute approximate surface area is 116 Å². The van der Waals surface area contributed by atoms with Crippen LogP contribution in [0.1, 0.15) is 33.7 Å². The van der Waals surface area contributed by atoms with Gasteiger partial charge in [0, 0.05) is 16.5 Å². The van der Waals surface area contributed by atoms with Crippen LogP contribution in [0.2, 0.25) is 0 Å². The number of carboxylic acids is 1. The number of carbonyl (C=O) groups is 1. The topological polar surface area (TPSA) is 62.5 Å². The van der Waals surface area contributed by atoms with Gasteiger partial charge in [-0.3, -0.25) is 0 Å². The van der Waals surface area contributed by atoms with Gasteiger partial charge >= 0.3 is 5.97 Å². The van der Waals surface area contributed by atoms with Gasteiger partial charge < -0.3 is 14.8 Å². The van der Waals surface area contributed by atoms with E-state index in [4.69, 9.17) is 9.52 Å². The van der Waals surface area contributed by atoms with Crippen LogP contribution in [0, 0.1) is 6.92 Å². The van der Waals surface area contributed by atoms with E-state index in [-0.39, 0.29) is 5.76 Å². The number of nitrogens with one attached hydrogen (secondary N) is 1. The third-order valence-corrected chi connectivity index (χ3v) is 3.77. The summed E-state index contributed by atoms with van der Waals surface area (Å²) in [4.78, 5) is 12.2. The fourth-order valence-corrected chi connectivity index (χ4v) is 2.76. The maximum atomic E-state index is 10.9. The molecule has 2 rings (SSSR count). The van der Waals surface area contributed by atoms with Crippen molar-refractivity contribution in [2.75, 3.05) is 0 Å². The minimum atomic E-state index is -1.02. The molecule has 0 saturated heterocycles. The minimum absolute atomic E-state index is 0.0303. The molecule has 2 heterocycles. The largest absolute Gasteiger partial charge is 0.475 e. The maximum absolute atomic E-state index is 10.9. The standard InChI is InChI=1S/C14H17NO3S/c1-9-6-11(18-13(9)14(16)17)8-15-10(2)7-12-4-3-5-19-12/h3-6,10,15H,7-8H2,1-2H3,(H,16,17). The van der Waals surface area contributed by atoms with Gasteiger partial charge in [0.05, 0.1) is 6.54 Å². The molecule has 2 aromatic rings. The van der Waals surface area contributed by atoms with Gasteiger partial charge in [-0.1, -0.05) is 6.07 Å². The van der Waals surface area contributed by atoms with E-state index in [0.717, 1.165) is 6.42 Å². The average Bonchev–Trinajstić information content (AvgIpc) is 2.96. The second kappa shape index (κ2) is 6.04. The van der Waals surface area contributed by atoms with E-state index in [0.29, 0.717) is 23.9 Å². The lowest BCUT2D eigenvalue weighted by molar-refractivity contribution is 0.0659. The first-order valence-corrected chi connectivity index (χ1v) is 7.02. The van der Waals surface area contributed by atoms with Gasteiger partial charge in [-0.15, -0.1) is 11.3 Å². The van der Waals surface area contributed by atoms with Crippen LogP contribution in [0.5, 0.6) is 0 Å². The first kappa shape index (κ1) is 13.8. The smallest absolute Gasteiger partial charge is 0.372 e. The summed E-state index contributed by atoms with van der Waals surface area (Å²) >= 11 is 1.74. The molecule has 0 aliphatic heterocycles. The van der Waals surface area contributed by atoms with Gasteiger partial charge in [0.2, 0.25) is 5.76 Å². The van der Waals surface area contributed by atoms with Crippen molar-refractivity contribution in [3.05, 3.63) is 45.5 Å². The van der Waals surface area contributed by atoms with E-state index >= 15 is 0 Å². The molecular weight excluding hydrogens is 262 g/mol. The normalized spacial score (nSPS) is 12.5. The molecule has 2 aromatic heterocycles. The number of hydrogen-bond acceptors (Lipinski definition) is 4. The van der Waals surface area contributed by atoms with Gasteiger partial charge in [-0.25, -0.2) is 4.79 Å². The number of aryl methyl sites for hydroxylation is 1. The molecule has 1 atom stereocenters. The van der Waals surface area contributed by atoms with Crippen molar-refractivity contribution in [2.45, 2.75) is 32.9 Å². The number of hydrogen-bond donors (Lipinski definition) is 2. The van der Waals surface area contributed by atoms with E-state index in [1.807, 2.05) is 6.07 Å². The van der Waals surface area contributed by atoms with Crippen molar-refractivity contribution in [3.63, 3.8) is 0 Å². The molecule has 0 radical (unpaired) electrons. The predicted octanol–water partition coefficient (Wildman–Crippen LogP) is 3.07. The molecule has 1 unspecified atom stereocenters. The Bertz CT molecular complexity index is 545. The summed E-state index contributed by atoms with van der Waals surface area (Å²) in [6.45, 7) is 4.39.